The molecule has 0 aromatic carbocycles. The highest BCUT2D eigenvalue weighted by atomic mass is 16.5. The van der Waals surface area contributed by atoms with Crippen LogP contribution in [-0.2, 0) is 38.2 Å². The summed E-state index contributed by atoms with van der Waals surface area (Å²) in [6.07, 6.45) is 35.5. The molecule has 14 nitrogen and oxygen atoms in total. The van der Waals surface area contributed by atoms with E-state index in [-0.39, 0.29) is 68.2 Å². The zero-order valence-electron chi connectivity index (χ0n) is 45.9. The number of rotatable bonds is 49. The molecule has 0 aliphatic carbocycles. The molecule has 70 heavy (non-hydrogen) atoms. The number of amidine groups is 1. The van der Waals surface area contributed by atoms with Gasteiger partial charge in [0.05, 0.1) is 32.2 Å². The summed E-state index contributed by atoms with van der Waals surface area (Å²) in [6.45, 7) is 9.63. The highest BCUT2D eigenvalue weighted by Gasteiger charge is 2.23. The number of amides is 2. The minimum atomic E-state index is -0.465. The summed E-state index contributed by atoms with van der Waals surface area (Å²) in [5.41, 5.74) is 7.04. The molecule has 2 atom stereocenters. The molecule has 0 aromatic rings. The van der Waals surface area contributed by atoms with Gasteiger partial charge in [-0.05, 0) is 76.5 Å². The van der Waals surface area contributed by atoms with Crippen molar-refractivity contribution in [1.82, 2.24) is 9.80 Å². The Kier molecular flexibility index (Phi) is 45.3. The van der Waals surface area contributed by atoms with Gasteiger partial charge in [-0.3, -0.25) is 24.0 Å². The van der Waals surface area contributed by atoms with Crippen LogP contribution in [0, 0.1) is 17.4 Å². The summed E-state index contributed by atoms with van der Waals surface area (Å²) < 4.78 is 16.7. The highest BCUT2D eigenvalue weighted by Crippen LogP contribution is 2.24. The number of carbonyl (C=O) groups is 5. The number of nitrogens with two attached hydrogens (primary N) is 1. The molecule has 2 unspecified atom stereocenters. The van der Waals surface area contributed by atoms with Gasteiger partial charge in [-0.15, -0.1) is 5.11 Å². The molecule has 0 heterocycles. The molecule has 0 saturated carbocycles. The van der Waals surface area contributed by atoms with Crippen LogP contribution in [0.5, 0.6) is 0 Å². The zero-order valence-corrected chi connectivity index (χ0v) is 45.9. The lowest BCUT2D eigenvalue weighted by Crippen LogP contribution is -2.37. The molecule has 0 aliphatic rings. The van der Waals surface area contributed by atoms with E-state index < -0.39 is 11.9 Å². The fourth-order valence-corrected chi connectivity index (χ4v) is 9.07. The van der Waals surface area contributed by atoms with Crippen molar-refractivity contribution >= 4 is 35.6 Å². The third-order valence-electron chi connectivity index (χ3n) is 13.8. The van der Waals surface area contributed by atoms with Crippen molar-refractivity contribution in [3.05, 3.63) is 0 Å². The van der Waals surface area contributed by atoms with Gasteiger partial charge in [0, 0.05) is 39.4 Å². The lowest BCUT2D eigenvalue weighted by atomic mass is 9.91. The van der Waals surface area contributed by atoms with E-state index in [4.69, 9.17) is 25.6 Å². The van der Waals surface area contributed by atoms with Crippen molar-refractivity contribution in [3.63, 3.8) is 0 Å². The molecule has 3 N–H and O–H groups in total. The minimum absolute atomic E-state index is 0.0112. The predicted octanol–water partition coefficient (Wildman–Crippen LogP) is 14.0. The van der Waals surface area contributed by atoms with E-state index in [1.54, 1.807) is 19.0 Å². The van der Waals surface area contributed by atoms with Gasteiger partial charge in [-0.25, -0.2) is 5.53 Å². The van der Waals surface area contributed by atoms with Crippen LogP contribution >= 0.6 is 0 Å². The SMILES string of the molecule is CCCCCCCCC(CCCCCC)C(=O)OCCCCCC(CCCCCOC(=O)CN(C)C(=O)CC(CCCCCCC)CCCCCCC)N(C)C(=O)CCC(=O)OCCC/C(N=N)=N/N. The fraction of sp³-hybridized carbons (Fsp3) is 0.893. The van der Waals surface area contributed by atoms with Crippen molar-refractivity contribution < 1.29 is 38.2 Å². The first-order valence-electron chi connectivity index (χ1n) is 28.6. The smallest absolute Gasteiger partial charge is 0.325 e. The minimum Gasteiger partial charge on any atom is -0.466 e. The van der Waals surface area contributed by atoms with Crippen LogP contribution in [0.1, 0.15) is 265 Å². The van der Waals surface area contributed by atoms with Crippen LogP contribution in [0.2, 0.25) is 0 Å². The first kappa shape index (κ1) is 66.4. The zero-order chi connectivity index (χ0) is 51.9. The van der Waals surface area contributed by atoms with Gasteiger partial charge in [0.15, 0.2) is 5.84 Å². The molecule has 0 aliphatic heterocycles. The van der Waals surface area contributed by atoms with Gasteiger partial charge in [-0.2, -0.15) is 5.10 Å². The standard InChI is InChI=1S/C56H106N6O8/c1-7-11-15-19-22-28-37-49(36-27-18-14-10-4)56(67)70-44-32-24-30-39-50(62(6)52(63)41-42-54(65)68-45-33-40-51(59-57)60-58)38-29-23-31-43-69-55(66)47-61(5)53(64)46-48(34-25-20-16-12-8-2)35-26-21-17-13-9-3/h48-50,57H,7-47,58H2,1-6H3/b59-57?,60-51-. The summed E-state index contributed by atoms with van der Waals surface area (Å²) in [6, 6.07) is -0.0442. The summed E-state index contributed by atoms with van der Waals surface area (Å²) in [7, 11) is 3.50. The van der Waals surface area contributed by atoms with Gasteiger partial charge in [0.25, 0.3) is 0 Å². The van der Waals surface area contributed by atoms with Crippen LogP contribution in [0.4, 0.5) is 0 Å². The highest BCUT2D eigenvalue weighted by molar-refractivity contribution is 5.83. The van der Waals surface area contributed by atoms with E-state index in [0.717, 1.165) is 103 Å². The van der Waals surface area contributed by atoms with Crippen molar-refractivity contribution in [2.45, 2.75) is 271 Å². The van der Waals surface area contributed by atoms with Crippen molar-refractivity contribution in [2.75, 3.05) is 40.5 Å². The third-order valence-corrected chi connectivity index (χ3v) is 13.8. The average Bonchev–Trinajstić information content (AvgIpc) is 3.35. The molecule has 408 valence electrons. The second-order valence-corrected chi connectivity index (χ2v) is 20.1. The Labute approximate surface area is 427 Å². The van der Waals surface area contributed by atoms with Crippen molar-refractivity contribution in [3.8, 4) is 0 Å². The van der Waals surface area contributed by atoms with E-state index in [1.807, 2.05) is 0 Å². The molecule has 0 saturated heterocycles. The lowest BCUT2D eigenvalue weighted by molar-refractivity contribution is -0.149. The normalized spacial score (nSPS) is 12.4. The maximum Gasteiger partial charge on any atom is 0.325 e. The van der Waals surface area contributed by atoms with Crippen molar-refractivity contribution in [2.24, 2.45) is 27.9 Å². The molecule has 0 bridgehead atoms. The van der Waals surface area contributed by atoms with Crippen molar-refractivity contribution in [1.29, 1.82) is 5.53 Å². The lowest BCUT2D eigenvalue weighted by Gasteiger charge is -2.29. The predicted molar refractivity (Wildman–Crippen MR) is 284 cm³/mol. The number of hydrogen-bond donors (Lipinski definition) is 2. The van der Waals surface area contributed by atoms with E-state index >= 15 is 0 Å². The maximum atomic E-state index is 13.4. The van der Waals surface area contributed by atoms with Crippen LogP contribution < -0.4 is 5.84 Å². The van der Waals surface area contributed by atoms with Crippen LogP contribution in [0.15, 0.2) is 10.2 Å². The molecule has 0 fully saturated rings. The number of nitrogens with one attached hydrogen (secondary N) is 1. The summed E-state index contributed by atoms with van der Waals surface area (Å²) in [5.74, 6) is 4.67. The number of nitrogens with zero attached hydrogens (tertiary/aromatic N) is 4. The molecule has 0 rings (SSSR count). The average molecular weight is 991 g/mol. The van der Waals surface area contributed by atoms with E-state index in [2.05, 4.69) is 37.9 Å². The summed E-state index contributed by atoms with van der Waals surface area (Å²) >= 11 is 0. The molecule has 0 radical (unpaired) electrons. The van der Waals surface area contributed by atoms with Crippen LogP contribution in [0.3, 0.4) is 0 Å². The Hall–Kier alpha value is -3.58. The maximum absolute atomic E-state index is 13.4. The monoisotopic (exact) mass is 991 g/mol. The van der Waals surface area contributed by atoms with E-state index in [9.17, 15) is 24.0 Å². The Balaban J connectivity index is 5.17. The fourth-order valence-electron chi connectivity index (χ4n) is 9.07. The number of unbranched alkanes of at least 4 members (excludes halogenated alkanes) is 20. The molecule has 0 aromatic heterocycles. The van der Waals surface area contributed by atoms with Gasteiger partial charge in [-0.1, -0.05) is 169 Å². The quantitative estimate of drug-likeness (QED) is 0.00871. The Morgan fingerprint density at radius 3 is 1.43 bits per heavy atom. The Bertz CT molecular complexity index is 1350. The molecule has 14 heteroatoms. The second kappa shape index (κ2) is 47.7. The third kappa shape index (κ3) is 38.1. The molecule has 0 spiro atoms. The number of hydrazone groups is 1. The first-order chi connectivity index (χ1) is 34.0. The van der Waals surface area contributed by atoms with Gasteiger partial charge < -0.3 is 29.9 Å². The number of carbonyl (C=O) groups excluding carboxylic acids is 5. The number of hydrogen-bond acceptors (Lipinski definition) is 11. The van der Waals surface area contributed by atoms with Crippen LogP contribution in [0.25, 0.3) is 0 Å². The number of ether oxygens (including phenoxy) is 3. The molecular formula is C56H106N6O8. The van der Waals surface area contributed by atoms with E-state index in [0.29, 0.717) is 38.2 Å². The van der Waals surface area contributed by atoms with Crippen LogP contribution in [-0.4, -0.2) is 91.9 Å². The molecular weight excluding hydrogens is 885 g/mol. The van der Waals surface area contributed by atoms with Gasteiger partial charge in [0.1, 0.15) is 6.54 Å². The Morgan fingerprint density at radius 1 is 0.486 bits per heavy atom. The van der Waals surface area contributed by atoms with E-state index in [1.165, 1.54) is 101 Å². The largest absolute Gasteiger partial charge is 0.466 e. The van der Waals surface area contributed by atoms with Gasteiger partial charge >= 0.3 is 17.9 Å². The summed E-state index contributed by atoms with van der Waals surface area (Å²) in [5, 5.41) is 6.63. The molecule has 2 amide bonds. The topological polar surface area (TPSA) is 194 Å². The van der Waals surface area contributed by atoms with Gasteiger partial charge in [0.2, 0.25) is 11.8 Å². The summed E-state index contributed by atoms with van der Waals surface area (Å²) in [4.78, 5) is 68.3. The number of likely N-dealkylation sites (N-methyl/N-ethyl adjacent to an activating group) is 1. The second-order valence-electron chi connectivity index (χ2n) is 20.1. The first-order valence-corrected chi connectivity index (χ1v) is 28.6. The number of esters is 3. The Morgan fingerprint density at radius 2 is 0.914 bits per heavy atom.